The maximum absolute atomic E-state index is 6.19. The highest BCUT2D eigenvalue weighted by Gasteiger charge is 2.29. The summed E-state index contributed by atoms with van der Waals surface area (Å²) in [5.41, 5.74) is 1.27. The van der Waals surface area contributed by atoms with Crippen LogP contribution in [0.15, 0.2) is 24.3 Å². The average Bonchev–Trinajstić information content (AvgIpc) is 2.68. The van der Waals surface area contributed by atoms with Gasteiger partial charge in [0.1, 0.15) is 0 Å². The number of hydrogen-bond acceptors (Lipinski definition) is 0. The Labute approximate surface area is 112 Å². The van der Waals surface area contributed by atoms with E-state index in [0.717, 1.165) is 23.3 Å². The van der Waals surface area contributed by atoms with E-state index in [0.29, 0.717) is 4.83 Å². The summed E-state index contributed by atoms with van der Waals surface area (Å²) < 4.78 is 0. The minimum absolute atomic E-state index is 0.574. The van der Waals surface area contributed by atoms with Crippen molar-refractivity contribution in [3.05, 3.63) is 34.9 Å². The molecule has 3 atom stereocenters. The van der Waals surface area contributed by atoms with Crippen LogP contribution in [-0.4, -0.2) is 4.83 Å². The lowest BCUT2D eigenvalue weighted by atomic mass is 9.91. The molecule has 0 aliphatic heterocycles. The van der Waals surface area contributed by atoms with Crippen LogP contribution in [0.25, 0.3) is 0 Å². The highest BCUT2D eigenvalue weighted by Crippen LogP contribution is 2.38. The van der Waals surface area contributed by atoms with Crippen molar-refractivity contribution in [3.63, 3.8) is 0 Å². The Hall–Kier alpha value is -0.0100. The number of hydrogen-bond donors (Lipinski definition) is 0. The van der Waals surface area contributed by atoms with Crippen molar-refractivity contribution >= 4 is 27.5 Å². The van der Waals surface area contributed by atoms with Gasteiger partial charge in [-0.3, -0.25) is 0 Å². The van der Waals surface area contributed by atoms with Gasteiger partial charge < -0.3 is 0 Å². The molecule has 2 rings (SSSR count). The normalized spacial score (nSPS) is 26.9. The molecule has 0 saturated heterocycles. The van der Waals surface area contributed by atoms with Gasteiger partial charge in [0, 0.05) is 9.85 Å². The summed E-state index contributed by atoms with van der Waals surface area (Å²) in [5.74, 6) is 1.67. The van der Waals surface area contributed by atoms with Crippen molar-refractivity contribution in [1.29, 1.82) is 0 Å². The summed E-state index contributed by atoms with van der Waals surface area (Å²) in [6.45, 7) is 2.37. The first-order valence-electron chi connectivity index (χ1n) is 6.06. The second kappa shape index (κ2) is 5.55. The first-order chi connectivity index (χ1) is 7.68. The molecule has 2 heteroatoms. The fraction of sp³-hybridized carbons (Fsp3) is 0.571. The molecular formula is C14H18BrCl. The van der Waals surface area contributed by atoms with E-state index in [1.54, 1.807) is 0 Å². The Morgan fingerprint density at radius 1 is 1.38 bits per heavy atom. The molecule has 0 N–H and O–H groups in total. The quantitative estimate of drug-likeness (QED) is 0.683. The monoisotopic (exact) mass is 300 g/mol. The Kier molecular flexibility index (Phi) is 4.32. The second-order valence-corrected chi connectivity index (χ2v) is 6.47. The molecule has 1 aliphatic carbocycles. The van der Waals surface area contributed by atoms with Crippen molar-refractivity contribution in [2.45, 2.75) is 37.4 Å². The van der Waals surface area contributed by atoms with Crippen LogP contribution >= 0.6 is 27.5 Å². The summed E-state index contributed by atoms with van der Waals surface area (Å²) in [7, 11) is 0. The van der Waals surface area contributed by atoms with E-state index < -0.39 is 0 Å². The number of rotatable bonds is 3. The van der Waals surface area contributed by atoms with Gasteiger partial charge in [0.15, 0.2) is 0 Å². The minimum Gasteiger partial charge on any atom is -0.0884 e. The molecule has 0 radical (unpaired) electrons. The average molecular weight is 302 g/mol. The van der Waals surface area contributed by atoms with Crippen LogP contribution in [0.5, 0.6) is 0 Å². The predicted molar refractivity (Wildman–Crippen MR) is 74.4 cm³/mol. The van der Waals surface area contributed by atoms with Crippen LogP contribution in [0.4, 0.5) is 0 Å². The van der Waals surface area contributed by atoms with Gasteiger partial charge in [-0.25, -0.2) is 0 Å². The minimum atomic E-state index is 0.574. The predicted octanol–water partition coefficient (Wildman–Crippen LogP) is 5.08. The van der Waals surface area contributed by atoms with Crippen LogP contribution in [-0.2, 0) is 6.42 Å². The van der Waals surface area contributed by atoms with E-state index >= 15 is 0 Å². The van der Waals surface area contributed by atoms with Crippen molar-refractivity contribution in [2.24, 2.45) is 11.8 Å². The third kappa shape index (κ3) is 2.81. The lowest BCUT2D eigenvalue weighted by Crippen LogP contribution is -2.19. The topological polar surface area (TPSA) is 0 Å². The Morgan fingerprint density at radius 3 is 2.75 bits per heavy atom. The maximum Gasteiger partial charge on any atom is 0.0438 e. The molecule has 16 heavy (non-hydrogen) atoms. The zero-order valence-electron chi connectivity index (χ0n) is 9.63. The lowest BCUT2D eigenvalue weighted by Gasteiger charge is -2.22. The van der Waals surface area contributed by atoms with Crippen LogP contribution in [0.1, 0.15) is 31.7 Å². The summed E-state index contributed by atoms with van der Waals surface area (Å²) in [6, 6.07) is 8.18. The van der Waals surface area contributed by atoms with Crippen molar-refractivity contribution < 1.29 is 0 Å². The molecule has 1 aromatic carbocycles. The molecule has 0 amide bonds. The van der Waals surface area contributed by atoms with Crippen molar-refractivity contribution in [1.82, 2.24) is 0 Å². The standard InChI is InChI=1S/C14H18BrCl/c1-10-5-4-7-12(10)13(15)9-11-6-2-3-8-14(11)16/h2-3,6,8,10,12-13H,4-5,7,9H2,1H3. The summed E-state index contributed by atoms with van der Waals surface area (Å²) in [4.78, 5) is 0.574. The van der Waals surface area contributed by atoms with E-state index in [1.807, 2.05) is 12.1 Å². The Bertz CT molecular complexity index is 350. The van der Waals surface area contributed by atoms with Gasteiger partial charge in [0.05, 0.1) is 0 Å². The van der Waals surface area contributed by atoms with Gasteiger partial charge in [-0.05, 0) is 36.3 Å². The van der Waals surface area contributed by atoms with E-state index in [4.69, 9.17) is 11.6 Å². The van der Waals surface area contributed by atoms with E-state index in [-0.39, 0.29) is 0 Å². The van der Waals surface area contributed by atoms with Crippen molar-refractivity contribution in [3.8, 4) is 0 Å². The maximum atomic E-state index is 6.19. The number of benzene rings is 1. The smallest absolute Gasteiger partial charge is 0.0438 e. The van der Waals surface area contributed by atoms with Crippen molar-refractivity contribution in [2.75, 3.05) is 0 Å². The molecule has 3 unspecified atom stereocenters. The third-order valence-electron chi connectivity index (χ3n) is 3.77. The van der Waals surface area contributed by atoms with Crippen LogP contribution in [0.3, 0.4) is 0 Å². The zero-order chi connectivity index (χ0) is 11.5. The molecule has 1 fully saturated rings. The molecular weight excluding hydrogens is 284 g/mol. The molecule has 1 saturated carbocycles. The SMILES string of the molecule is CC1CCCC1C(Br)Cc1ccccc1Cl. The molecule has 0 nitrogen and oxygen atoms in total. The van der Waals surface area contributed by atoms with Gasteiger partial charge >= 0.3 is 0 Å². The molecule has 0 aromatic heterocycles. The molecule has 0 spiro atoms. The summed E-state index contributed by atoms with van der Waals surface area (Å²) in [6.07, 6.45) is 5.18. The highest BCUT2D eigenvalue weighted by molar-refractivity contribution is 9.09. The lowest BCUT2D eigenvalue weighted by molar-refractivity contribution is 0.407. The molecule has 88 valence electrons. The van der Waals surface area contributed by atoms with Gasteiger partial charge in [0.2, 0.25) is 0 Å². The fourth-order valence-electron chi connectivity index (χ4n) is 2.74. The molecule has 0 heterocycles. The Balaban J connectivity index is 2.02. The molecule has 1 aliphatic rings. The summed E-state index contributed by atoms with van der Waals surface area (Å²) in [5, 5.41) is 0.901. The van der Waals surface area contributed by atoms with Gasteiger partial charge in [0.25, 0.3) is 0 Å². The summed E-state index contributed by atoms with van der Waals surface area (Å²) >= 11 is 10.0. The van der Waals surface area contributed by atoms with E-state index in [1.165, 1.54) is 24.8 Å². The largest absolute Gasteiger partial charge is 0.0884 e. The fourth-order valence-corrected chi connectivity index (χ4v) is 4.08. The van der Waals surface area contributed by atoms with Crippen LogP contribution < -0.4 is 0 Å². The van der Waals surface area contributed by atoms with Gasteiger partial charge in [-0.2, -0.15) is 0 Å². The van der Waals surface area contributed by atoms with E-state index in [2.05, 4.69) is 35.0 Å². The second-order valence-electron chi connectivity index (χ2n) is 4.88. The Morgan fingerprint density at radius 2 is 2.12 bits per heavy atom. The number of alkyl halides is 1. The van der Waals surface area contributed by atoms with Gasteiger partial charge in [-0.1, -0.05) is 65.5 Å². The zero-order valence-corrected chi connectivity index (χ0v) is 12.0. The van der Waals surface area contributed by atoms with Crippen LogP contribution in [0, 0.1) is 11.8 Å². The number of halogens is 2. The first kappa shape index (κ1) is 12.4. The first-order valence-corrected chi connectivity index (χ1v) is 7.35. The molecule has 0 bridgehead atoms. The van der Waals surface area contributed by atoms with E-state index in [9.17, 15) is 0 Å². The third-order valence-corrected chi connectivity index (χ3v) is 5.14. The highest BCUT2D eigenvalue weighted by atomic mass is 79.9. The molecule has 1 aromatic rings. The van der Waals surface area contributed by atoms with Crippen LogP contribution in [0.2, 0.25) is 5.02 Å². The van der Waals surface area contributed by atoms with Gasteiger partial charge in [-0.15, -0.1) is 0 Å².